The largest absolute Gasteiger partial charge is 0.482 e. The smallest absolute Gasteiger partial charge is 0.422 e. The van der Waals surface area contributed by atoms with Gasteiger partial charge in [0, 0.05) is 26.2 Å². The van der Waals surface area contributed by atoms with Crippen LogP contribution >= 0.6 is 0 Å². The number of anilines is 1. The van der Waals surface area contributed by atoms with Gasteiger partial charge in [0.05, 0.1) is 5.69 Å². The van der Waals surface area contributed by atoms with Crippen molar-refractivity contribution in [3.8, 4) is 5.75 Å². The molecule has 1 aromatic carbocycles. The maximum Gasteiger partial charge on any atom is 0.422 e. The van der Waals surface area contributed by atoms with E-state index in [-0.39, 0.29) is 0 Å². The van der Waals surface area contributed by atoms with Gasteiger partial charge in [-0.15, -0.1) is 0 Å². The number of alkyl halides is 3. The Hall–Kier alpha value is -1.47. The van der Waals surface area contributed by atoms with E-state index in [0.717, 1.165) is 50.4 Å². The summed E-state index contributed by atoms with van der Waals surface area (Å²) in [6, 6.07) is 5.41. The second-order valence-corrected chi connectivity index (χ2v) is 5.85. The van der Waals surface area contributed by atoms with Crippen LogP contribution in [0.15, 0.2) is 18.2 Å². The van der Waals surface area contributed by atoms with Crippen LogP contribution in [0.4, 0.5) is 18.9 Å². The molecule has 0 bridgehead atoms. The number of ether oxygens (including phenoxy) is 1. The van der Waals surface area contributed by atoms with E-state index in [0.29, 0.717) is 12.3 Å². The molecule has 0 atom stereocenters. The van der Waals surface area contributed by atoms with Crippen LogP contribution in [0, 0.1) is 6.92 Å². The molecule has 130 valence electrons. The van der Waals surface area contributed by atoms with Gasteiger partial charge in [0.15, 0.2) is 6.61 Å². The van der Waals surface area contributed by atoms with Crippen LogP contribution in [0.25, 0.3) is 0 Å². The number of nitrogens with zero attached hydrogens (tertiary/aromatic N) is 2. The Morgan fingerprint density at radius 1 is 1.17 bits per heavy atom. The summed E-state index contributed by atoms with van der Waals surface area (Å²) in [7, 11) is 0. The molecule has 1 heterocycles. The summed E-state index contributed by atoms with van der Waals surface area (Å²) in [6.45, 7) is 5.53. The SMILES string of the molecule is Cc1ccc(N2CCN(CCCN)CC2)c(OCC(F)(F)F)c1. The second-order valence-electron chi connectivity index (χ2n) is 5.85. The van der Waals surface area contributed by atoms with E-state index in [1.165, 1.54) is 0 Å². The summed E-state index contributed by atoms with van der Waals surface area (Å²) in [6.07, 6.45) is -3.37. The quantitative estimate of drug-likeness (QED) is 0.869. The minimum absolute atomic E-state index is 0.303. The van der Waals surface area contributed by atoms with E-state index >= 15 is 0 Å². The van der Waals surface area contributed by atoms with Gasteiger partial charge in [0.1, 0.15) is 5.75 Å². The lowest BCUT2D eigenvalue weighted by Gasteiger charge is -2.36. The van der Waals surface area contributed by atoms with Gasteiger partial charge in [0.25, 0.3) is 0 Å². The maximum atomic E-state index is 12.4. The van der Waals surface area contributed by atoms with E-state index in [2.05, 4.69) is 9.80 Å². The van der Waals surface area contributed by atoms with Gasteiger partial charge in [-0.1, -0.05) is 6.07 Å². The fourth-order valence-corrected chi connectivity index (χ4v) is 2.69. The van der Waals surface area contributed by atoms with E-state index in [1.807, 2.05) is 19.1 Å². The third kappa shape index (κ3) is 5.58. The summed E-state index contributed by atoms with van der Waals surface area (Å²) in [5.41, 5.74) is 7.14. The van der Waals surface area contributed by atoms with Crippen molar-refractivity contribution >= 4 is 5.69 Å². The summed E-state index contributed by atoms with van der Waals surface area (Å²) < 4.78 is 42.3. The lowest BCUT2D eigenvalue weighted by molar-refractivity contribution is -0.153. The molecule has 0 amide bonds. The molecule has 0 aliphatic carbocycles. The van der Waals surface area contributed by atoms with Crippen molar-refractivity contribution in [1.29, 1.82) is 0 Å². The predicted molar refractivity (Wildman–Crippen MR) is 85.1 cm³/mol. The van der Waals surface area contributed by atoms with Gasteiger partial charge in [-0.05, 0) is 44.1 Å². The van der Waals surface area contributed by atoms with E-state index < -0.39 is 12.8 Å². The molecular formula is C16H24F3N3O. The molecule has 1 fully saturated rings. The van der Waals surface area contributed by atoms with Gasteiger partial charge in [-0.25, -0.2) is 0 Å². The zero-order valence-corrected chi connectivity index (χ0v) is 13.4. The lowest BCUT2D eigenvalue weighted by atomic mass is 10.1. The maximum absolute atomic E-state index is 12.4. The normalized spacial score (nSPS) is 16.7. The Kier molecular flexibility index (Phi) is 6.12. The molecule has 7 heteroatoms. The number of piperazine rings is 1. The number of aryl methyl sites for hydroxylation is 1. The predicted octanol–water partition coefficient (Wildman–Crippen LogP) is 2.41. The highest BCUT2D eigenvalue weighted by atomic mass is 19.4. The van der Waals surface area contributed by atoms with Crippen LogP contribution in [-0.4, -0.2) is 57.0 Å². The van der Waals surface area contributed by atoms with Crippen LogP contribution in [0.5, 0.6) is 5.75 Å². The second kappa shape index (κ2) is 7.88. The molecular weight excluding hydrogens is 307 g/mol. The van der Waals surface area contributed by atoms with Gasteiger partial charge < -0.3 is 15.4 Å². The Bertz CT molecular complexity index is 500. The Labute approximate surface area is 135 Å². The van der Waals surface area contributed by atoms with E-state index in [4.69, 9.17) is 10.5 Å². The third-order valence-corrected chi connectivity index (χ3v) is 3.90. The first-order valence-electron chi connectivity index (χ1n) is 7.86. The van der Waals surface area contributed by atoms with Crippen molar-refractivity contribution in [3.05, 3.63) is 23.8 Å². The van der Waals surface area contributed by atoms with Crippen molar-refractivity contribution in [1.82, 2.24) is 4.90 Å². The van der Waals surface area contributed by atoms with Gasteiger partial charge in [-0.2, -0.15) is 13.2 Å². The van der Waals surface area contributed by atoms with Crippen molar-refractivity contribution in [3.63, 3.8) is 0 Å². The highest BCUT2D eigenvalue weighted by molar-refractivity contribution is 5.60. The first-order chi connectivity index (χ1) is 10.9. The van der Waals surface area contributed by atoms with Crippen LogP contribution in [-0.2, 0) is 0 Å². The van der Waals surface area contributed by atoms with Gasteiger partial charge >= 0.3 is 6.18 Å². The number of hydrogen-bond acceptors (Lipinski definition) is 4. The molecule has 0 aromatic heterocycles. The van der Waals surface area contributed by atoms with Crippen molar-refractivity contribution in [2.45, 2.75) is 19.5 Å². The Morgan fingerprint density at radius 2 is 1.87 bits per heavy atom. The summed E-state index contributed by atoms with van der Waals surface area (Å²) in [4.78, 5) is 4.41. The first kappa shape index (κ1) is 17.9. The van der Waals surface area contributed by atoms with E-state index in [9.17, 15) is 13.2 Å². The molecule has 1 saturated heterocycles. The van der Waals surface area contributed by atoms with Gasteiger partial charge in [-0.3, -0.25) is 4.90 Å². The summed E-state index contributed by atoms with van der Waals surface area (Å²) in [5.74, 6) is 0.303. The highest BCUT2D eigenvalue weighted by Crippen LogP contribution is 2.31. The Balaban J connectivity index is 2.02. The highest BCUT2D eigenvalue weighted by Gasteiger charge is 2.29. The summed E-state index contributed by atoms with van der Waals surface area (Å²) >= 11 is 0. The van der Waals surface area contributed by atoms with Crippen molar-refractivity contribution in [2.75, 3.05) is 50.8 Å². The molecule has 0 radical (unpaired) electrons. The fourth-order valence-electron chi connectivity index (χ4n) is 2.69. The van der Waals surface area contributed by atoms with Crippen molar-refractivity contribution in [2.24, 2.45) is 5.73 Å². The van der Waals surface area contributed by atoms with Crippen LogP contribution in [0.2, 0.25) is 0 Å². The lowest BCUT2D eigenvalue weighted by Crippen LogP contribution is -2.47. The zero-order valence-electron chi connectivity index (χ0n) is 13.4. The summed E-state index contributed by atoms with van der Waals surface area (Å²) in [5, 5.41) is 0. The van der Waals surface area contributed by atoms with Crippen LogP contribution < -0.4 is 15.4 Å². The number of nitrogens with two attached hydrogens (primary N) is 1. The molecule has 0 unspecified atom stereocenters. The molecule has 1 aliphatic rings. The molecule has 4 nitrogen and oxygen atoms in total. The monoisotopic (exact) mass is 331 g/mol. The number of hydrogen-bond donors (Lipinski definition) is 1. The van der Waals surface area contributed by atoms with Crippen LogP contribution in [0.1, 0.15) is 12.0 Å². The molecule has 2 rings (SSSR count). The molecule has 1 aromatic rings. The van der Waals surface area contributed by atoms with Crippen LogP contribution in [0.3, 0.4) is 0 Å². The topological polar surface area (TPSA) is 41.7 Å². The average Bonchev–Trinajstić information content (AvgIpc) is 2.51. The standard InChI is InChI=1S/C16H24F3N3O/c1-13-3-4-14(15(11-13)23-12-16(17,18)19)22-9-7-21(8-10-22)6-2-5-20/h3-4,11H,2,5-10,12,20H2,1H3. The average molecular weight is 331 g/mol. The molecule has 0 saturated carbocycles. The Morgan fingerprint density at radius 3 is 2.48 bits per heavy atom. The minimum atomic E-state index is -4.33. The first-order valence-corrected chi connectivity index (χ1v) is 7.86. The molecule has 0 spiro atoms. The van der Waals surface area contributed by atoms with E-state index in [1.54, 1.807) is 6.07 Å². The van der Waals surface area contributed by atoms with Gasteiger partial charge in [0.2, 0.25) is 0 Å². The fraction of sp³-hybridized carbons (Fsp3) is 0.625. The number of rotatable bonds is 6. The minimum Gasteiger partial charge on any atom is -0.482 e. The molecule has 23 heavy (non-hydrogen) atoms. The number of benzene rings is 1. The molecule has 1 aliphatic heterocycles. The number of halogens is 3. The van der Waals surface area contributed by atoms with Crippen molar-refractivity contribution < 1.29 is 17.9 Å². The molecule has 2 N–H and O–H groups in total. The third-order valence-electron chi connectivity index (χ3n) is 3.90. The zero-order chi connectivity index (χ0) is 16.9.